The number of hydrogen-bond acceptors (Lipinski definition) is 4. The van der Waals surface area contributed by atoms with Gasteiger partial charge in [-0.3, -0.25) is 4.79 Å². The van der Waals surface area contributed by atoms with E-state index in [-0.39, 0.29) is 12.0 Å². The van der Waals surface area contributed by atoms with Crippen molar-refractivity contribution in [1.29, 1.82) is 0 Å². The number of ether oxygens (including phenoxy) is 1. The van der Waals surface area contributed by atoms with Crippen LogP contribution in [-0.2, 0) is 9.53 Å². The van der Waals surface area contributed by atoms with Gasteiger partial charge in [-0.1, -0.05) is 20.8 Å². The van der Waals surface area contributed by atoms with Gasteiger partial charge in [0, 0.05) is 19.6 Å². The van der Waals surface area contributed by atoms with E-state index in [0.717, 1.165) is 38.0 Å². The molecule has 0 aromatic carbocycles. The van der Waals surface area contributed by atoms with Crippen LogP contribution in [-0.4, -0.2) is 49.7 Å². The fourth-order valence-corrected chi connectivity index (χ4v) is 2.37. The zero-order valence-electron chi connectivity index (χ0n) is 11.5. The monoisotopic (exact) mass is 242 g/mol. The third-order valence-corrected chi connectivity index (χ3v) is 3.53. The summed E-state index contributed by atoms with van der Waals surface area (Å²) in [5.41, 5.74) is 0. The van der Waals surface area contributed by atoms with E-state index in [1.165, 1.54) is 0 Å². The Morgan fingerprint density at radius 1 is 1.35 bits per heavy atom. The standard InChI is InChI=1S/C13H26N2O2/c1-5-14-12(13(16)17-6-2)9-15-7-10(3)11(4)8-15/h10-12,14H,5-9H2,1-4H3. The summed E-state index contributed by atoms with van der Waals surface area (Å²) >= 11 is 0. The predicted octanol–water partition coefficient (Wildman–Crippen LogP) is 1.12. The number of likely N-dealkylation sites (tertiary alicyclic amines) is 1. The SMILES string of the molecule is CCNC(CN1CC(C)C(C)C1)C(=O)OCC. The highest BCUT2D eigenvalue weighted by Crippen LogP contribution is 2.22. The van der Waals surface area contributed by atoms with Gasteiger partial charge < -0.3 is 15.0 Å². The van der Waals surface area contributed by atoms with Crippen LogP contribution < -0.4 is 5.32 Å². The van der Waals surface area contributed by atoms with Crippen molar-refractivity contribution < 1.29 is 9.53 Å². The predicted molar refractivity (Wildman–Crippen MR) is 68.9 cm³/mol. The average Bonchev–Trinajstić information content (AvgIpc) is 2.58. The molecule has 3 unspecified atom stereocenters. The Kier molecular flexibility index (Phi) is 5.92. The van der Waals surface area contributed by atoms with E-state index in [9.17, 15) is 4.79 Å². The maximum absolute atomic E-state index is 11.8. The van der Waals surface area contributed by atoms with Gasteiger partial charge in [-0.25, -0.2) is 0 Å². The number of esters is 1. The number of rotatable bonds is 6. The summed E-state index contributed by atoms with van der Waals surface area (Å²) in [5.74, 6) is 1.32. The number of hydrogen-bond donors (Lipinski definition) is 1. The molecule has 0 bridgehead atoms. The van der Waals surface area contributed by atoms with Gasteiger partial charge in [0.2, 0.25) is 0 Å². The van der Waals surface area contributed by atoms with Crippen molar-refractivity contribution in [3.8, 4) is 0 Å². The molecule has 1 aliphatic heterocycles. The number of carbonyl (C=O) groups excluding carboxylic acids is 1. The molecule has 100 valence electrons. The highest BCUT2D eigenvalue weighted by molar-refractivity contribution is 5.76. The van der Waals surface area contributed by atoms with Crippen LogP contribution >= 0.6 is 0 Å². The van der Waals surface area contributed by atoms with E-state index in [4.69, 9.17) is 4.74 Å². The van der Waals surface area contributed by atoms with Crippen LogP contribution in [0.15, 0.2) is 0 Å². The summed E-state index contributed by atoms with van der Waals surface area (Å²) in [6, 6.07) is -0.183. The quantitative estimate of drug-likeness (QED) is 0.709. The first-order chi connectivity index (χ1) is 8.08. The largest absolute Gasteiger partial charge is 0.465 e. The van der Waals surface area contributed by atoms with E-state index in [1.54, 1.807) is 0 Å². The Bertz CT molecular complexity index is 236. The number of nitrogens with one attached hydrogen (secondary N) is 1. The Morgan fingerprint density at radius 3 is 2.41 bits per heavy atom. The molecular formula is C13H26N2O2. The van der Waals surface area contributed by atoms with Gasteiger partial charge in [0.1, 0.15) is 6.04 Å². The molecule has 0 aromatic rings. The Labute approximate surface area is 105 Å². The van der Waals surface area contributed by atoms with Crippen LogP contribution in [0, 0.1) is 11.8 Å². The Hall–Kier alpha value is -0.610. The Morgan fingerprint density at radius 2 is 1.94 bits per heavy atom. The minimum atomic E-state index is -0.183. The number of likely N-dealkylation sites (N-methyl/N-ethyl adjacent to an activating group) is 1. The van der Waals surface area contributed by atoms with Gasteiger partial charge in [0.15, 0.2) is 0 Å². The molecule has 0 radical (unpaired) electrons. The zero-order valence-corrected chi connectivity index (χ0v) is 11.5. The summed E-state index contributed by atoms with van der Waals surface area (Å²) < 4.78 is 5.09. The molecule has 1 N–H and O–H groups in total. The molecule has 0 aliphatic carbocycles. The second-order valence-corrected chi connectivity index (χ2v) is 5.04. The molecule has 0 saturated carbocycles. The second-order valence-electron chi connectivity index (χ2n) is 5.04. The van der Waals surface area contributed by atoms with Crippen LogP contribution in [0.3, 0.4) is 0 Å². The van der Waals surface area contributed by atoms with Crippen molar-refractivity contribution in [3.63, 3.8) is 0 Å². The molecule has 1 rings (SSSR count). The first kappa shape index (κ1) is 14.5. The van der Waals surface area contributed by atoms with Crippen LogP contribution in [0.25, 0.3) is 0 Å². The molecule has 3 atom stereocenters. The average molecular weight is 242 g/mol. The lowest BCUT2D eigenvalue weighted by Gasteiger charge is -2.22. The fraction of sp³-hybridized carbons (Fsp3) is 0.923. The van der Waals surface area contributed by atoms with Crippen LogP contribution in [0.5, 0.6) is 0 Å². The highest BCUT2D eigenvalue weighted by atomic mass is 16.5. The molecule has 1 heterocycles. The van der Waals surface area contributed by atoms with Crippen molar-refractivity contribution in [1.82, 2.24) is 10.2 Å². The van der Waals surface area contributed by atoms with E-state index in [1.807, 2.05) is 13.8 Å². The molecule has 4 heteroatoms. The van der Waals surface area contributed by atoms with Gasteiger partial charge in [-0.15, -0.1) is 0 Å². The third-order valence-electron chi connectivity index (χ3n) is 3.53. The summed E-state index contributed by atoms with van der Waals surface area (Å²) in [7, 11) is 0. The smallest absolute Gasteiger partial charge is 0.324 e. The van der Waals surface area contributed by atoms with Crippen LogP contribution in [0.2, 0.25) is 0 Å². The highest BCUT2D eigenvalue weighted by Gasteiger charge is 2.29. The molecule has 1 saturated heterocycles. The third kappa shape index (κ3) is 4.28. The fourth-order valence-electron chi connectivity index (χ4n) is 2.37. The second kappa shape index (κ2) is 6.97. The van der Waals surface area contributed by atoms with Gasteiger partial charge in [0.05, 0.1) is 6.61 Å². The number of carbonyl (C=O) groups is 1. The van der Waals surface area contributed by atoms with Gasteiger partial charge in [-0.05, 0) is 25.3 Å². The topological polar surface area (TPSA) is 41.6 Å². The van der Waals surface area contributed by atoms with Gasteiger partial charge >= 0.3 is 5.97 Å². The summed E-state index contributed by atoms with van der Waals surface area (Å²) in [6.07, 6.45) is 0. The van der Waals surface area contributed by atoms with E-state index < -0.39 is 0 Å². The van der Waals surface area contributed by atoms with Crippen molar-refractivity contribution in [2.75, 3.05) is 32.8 Å². The summed E-state index contributed by atoms with van der Waals surface area (Å²) in [5, 5.41) is 3.21. The van der Waals surface area contributed by atoms with Gasteiger partial charge in [-0.2, -0.15) is 0 Å². The van der Waals surface area contributed by atoms with E-state index >= 15 is 0 Å². The molecule has 1 aliphatic rings. The lowest BCUT2D eigenvalue weighted by atomic mass is 10.0. The maximum Gasteiger partial charge on any atom is 0.324 e. The lowest BCUT2D eigenvalue weighted by molar-refractivity contribution is -0.146. The Balaban J connectivity index is 2.46. The molecule has 0 spiro atoms. The normalized spacial score (nSPS) is 27.1. The van der Waals surface area contributed by atoms with E-state index in [0.29, 0.717) is 6.61 Å². The lowest BCUT2D eigenvalue weighted by Crippen LogP contribution is -2.46. The van der Waals surface area contributed by atoms with Crippen molar-refractivity contribution >= 4 is 5.97 Å². The molecular weight excluding hydrogens is 216 g/mol. The van der Waals surface area contributed by atoms with Crippen molar-refractivity contribution in [2.45, 2.75) is 33.7 Å². The molecule has 1 fully saturated rings. The molecule has 0 amide bonds. The minimum absolute atomic E-state index is 0.124. The van der Waals surface area contributed by atoms with Gasteiger partial charge in [0.25, 0.3) is 0 Å². The molecule has 4 nitrogen and oxygen atoms in total. The molecule has 0 aromatic heterocycles. The first-order valence-electron chi connectivity index (χ1n) is 6.70. The van der Waals surface area contributed by atoms with Crippen LogP contribution in [0.1, 0.15) is 27.7 Å². The van der Waals surface area contributed by atoms with Crippen molar-refractivity contribution in [2.24, 2.45) is 11.8 Å². The summed E-state index contributed by atoms with van der Waals surface area (Å²) in [6.45, 7) is 12.6. The minimum Gasteiger partial charge on any atom is -0.465 e. The first-order valence-corrected chi connectivity index (χ1v) is 6.70. The zero-order chi connectivity index (χ0) is 12.8. The summed E-state index contributed by atoms with van der Waals surface area (Å²) in [4.78, 5) is 14.1. The molecule has 17 heavy (non-hydrogen) atoms. The number of nitrogens with zero attached hydrogens (tertiary/aromatic N) is 1. The van der Waals surface area contributed by atoms with E-state index in [2.05, 4.69) is 24.1 Å². The maximum atomic E-state index is 11.8. The van der Waals surface area contributed by atoms with Crippen molar-refractivity contribution in [3.05, 3.63) is 0 Å². The van der Waals surface area contributed by atoms with Crippen LogP contribution in [0.4, 0.5) is 0 Å².